The van der Waals surface area contributed by atoms with Crippen LogP contribution in [0, 0.1) is 0 Å². The molecule has 1 aliphatic rings. The van der Waals surface area contributed by atoms with Crippen LogP contribution in [0.15, 0.2) is 16.6 Å². The summed E-state index contributed by atoms with van der Waals surface area (Å²) in [7, 11) is 0. The lowest BCUT2D eigenvalue weighted by Gasteiger charge is -2.23. The summed E-state index contributed by atoms with van der Waals surface area (Å²) in [4.78, 5) is 12.0. The molecule has 1 aliphatic heterocycles. The molecule has 0 saturated heterocycles. The minimum absolute atomic E-state index is 0.133. The largest absolute Gasteiger partial charge is 0.486 e. The second-order valence-corrected chi connectivity index (χ2v) is 5.70. The molecule has 0 saturated carbocycles. The zero-order valence-electron chi connectivity index (χ0n) is 12.4. The van der Waals surface area contributed by atoms with Gasteiger partial charge in [0, 0.05) is 11.1 Å². The molecule has 6 heteroatoms. The Balaban J connectivity index is 2.12. The Morgan fingerprint density at radius 3 is 2.57 bits per heavy atom. The van der Waals surface area contributed by atoms with E-state index < -0.39 is 6.10 Å². The summed E-state index contributed by atoms with van der Waals surface area (Å²) in [6, 6.07) is 3.61. The van der Waals surface area contributed by atoms with Gasteiger partial charge in [-0.15, -0.1) is 0 Å². The van der Waals surface area contributed by atoms with E-state index >= 15 is 0 Å². The molecule has 0 radical (unpaired) electrons. The van der Waals surface area contributed by atoms with Gasteiger partial charge in [0.15, 0.2) is 11.5 Å². The van der Waals surface area contributed by atoms with Gasteiger partial charge in [0.05, 0.1) is 6.04 Å². The molecule has 1 N–H and O–H groups in total. The molecule has 1 heterocycles. The van der Waals surface area contributed by atoms with E-state index in [0.29, 0.717) is 25.6 Å². The normalized spacial score (nSPS) is 16.2. The van der Waals surface area contributed by atoms with Gasteiger partial charge in [0.1, 0.15) is 19.3 Å². The zero-order chi connectivity index (χ0) is 15.4. The number of carbonyl (C=O) groups is 1. The van der Waals surface area contributed by atoms with Crippen LogP contribution in [0.1, 0.15) is 32.4 Å². The highest BCUT2D eigenvalue weighted by molar-refractivity contribution is 9.10. The van der Waals surface area contributed by atoms with Crippen LogP contribution in [0.3, 0.4) is 0 Å². The first-order valence-electron chi connectivity index (χ1n) is 7.04. The van der Waals surface area contributed by atoms with Crippen LogP contribution in [-0.2, 0) is 9.53 Å². The maximum atomic E-state index is 12.0. The average Bonchev–Trinajstić information content (AvgIpc) is 2.46. The van der Waals surface area contributed by atoms with Crippen molar-refractivity contribution in [2.75, 3.05) is 19.8 Å². The Hall–Kier alpha value is -1.27. The fourth-order valence-electron chi connectivity index (χ4n) is 2.15. The van der Waals surface area contributed by atoms with E-state index in [1.807, 2.05) is 26.0 Å². The highest BCUT2D eigenvalue weighted by Gasteiger charge is 2.21. The molecule has 2 rings (SSSR count). The molecule has 1 amide bonds. The molecule has 116 valence electrons. The lowest BCUT2D eigenvalue weighted by Crippen LogP contribution is -2.36. The fourth-order valence-corrected chi connectivity index (χ4v) is 2.81. The predicted octanol–water partition coefficient (Wildman–Crippen LogP) is 2.82. The van der Waals surface area contributed by atoms with Crippen molar-refractivity contribution in [2.45, 2.75) is 32.9 Å². The van der Waals surface area contributed by atoms with Crippen molar-refractivity contribution in [3.8, 4) is 11.5 Å². The van der Waals surface area contributed by atoms with Crippen molar-refractivity contribution in [3.63, 3.8) is 0 Å². The first-order valence-corrected chi connectivity index (χ1v) is 7.83. The third-order valence-corrected chi connectivity index (χ3v) is 3.96. The molecular formula is C15H20BrNO4. The summed E-state index contributed by atoms with van der Waals surface area (Å²) in [5.74, 6) is 1.29. The summed E-state index contributed by atoms with van der Waals surface area (Å²) in [6.07, 6.45) is -0.464. The number of hydrogen-bond acceptors (Lipinski definition) is 4. The highest BCUT2D eigenvalue weighted by atomic mass is 79.9. The second-order valence-electron chi connectivity index (χ2n) is 4.85. The van der Waals surface area contributed by atoms with Crippen LogP contribution >= 0.6 is 15.9 Å². The van der Waals surface area contributed by atoms with Crippen LogP contribution in [0.5, 0.6) is 11.5 Å². The molecular weight excluding hydrogens is 338 g/mol. The van der Waals surface area contributed by atoms with Gasteiger partial charge in [-0.1, -0.05) is 15.9 Å². The minimum Gasteiger partial charge on any atom is -0.486 e. The van der Waals surface area contributed by atoms with Gasteiger partial charge in [0.25, 0.3) is 0 Å². The van der Waals surface area contributed by atoms with Gasteiger partial charge in [-0.05, 0) is 38.5 Å². The molecule has 1 aromatic rings. The summed E-state index contributed by atoms with van der Waals surface area (Å²) >= 11 is 3.52. The SMILES string of the molecule is CCO[C@H](C)C(=O)N[C@H](C)c1cc2c(cc1Br)OCCO2. The minimum atomic E-state index is -0.464. The van der Waals surface area contributed by atoms with Crippen molar-refractivity contribution >= 4 is 21.8 Å². The van der Waals surface area contributed by atoms with Crippen LogP contribution in [-0.4, -0.2) is 31.8 Å². The first-order chi connectivity index (χ1) is 10.0. The van der Waals surface area contributed by atoms with E-state index in [-0.39, 0.29) is 11.9 Å². The summed E-state index contributed by atoms with van der Waals surface area (Å²) in [5, 5.41) is 2.94. The number of benzene rings is 1. The standard InChI is InChI=1S/C15H20BrNO4/c1-4-19-10(3)15(18)17-9(2)11-7-13-14(8-12(11)16)21-6-5-20-13/h7-10H,4-6H2,1-3H3,(H,17,18)/t9-,10-/m1/s1. The molecule has 0 unspecified atom stereocenters. The van der Waals surface area contributed by atoms with Gasteiger partial charge >= 0.3 is 0 Å². The van der Waals surface area contributed by atoms with Crippen molar-refractivity contribution in [3.05, 3.63) is 22.2 Å². The molecule has 5 nitrogen and oxygen atoms in total. The third-order valence-electron chi connectivity index (χ3n) is 3.27. The summed E-state index contributed by atoms with van der Waals surface area (Å²) < 4.78 is 17.3. The van der Waals surface area contributed by atoms with Crippen LogP contribution < -0.4 is 14.8 Å². The van der Waals surface area contributed by atoms with E-state index in [1.165, 1.54) is 0 Å². The van der Waals surface area contributed by atoms with Crippen molar-refractivity contribution < 1.29 is 19.0 Å². The second kappa shape index (κ2) is 7.13. The highest BCUT2D eigenvalue weighted by Crippen LogP contribution is 2.37. The lowest BCUT2D eigenvalue weighted by molar-refractivity contribution is -0.132. The number of fused-ring (bicyclic) bond motifs is 1. The topological polar surface area (TPSA) is 56.8 Å². The number of carbonyl (C=O) groups excluding carboxylic acids is 1. The predicted molar refractivity (Wildman–Crippen MR) is 82.8 cm³/mol. The molecule has 21 heavy (non-hydrogen) atoms. The molecule has 2 atom stereocenters. The fraction of sp³-hybridized carbons (Fsp3) is 0.533. The van der Waals surface area contributed by atoms with Crippen molar-refractivity contribution in [1.29, 1.82) is 0 Å². The molecule has 0 aromatic heterocycles. The average molecular weight is 358 g/mol. The smallest absolute Gasteiger partial charge is 0.249 e. The van der Waals surface area contributed by atoms with Crippen molar-refractivity contribution in [1.82, 2.24) is 5.32 Å². The summed E-state index contributed by atoms with van der Waals surface area (Å²) in [6.45, 7) is 7.13. The zero-order valence-corrected chi connectivity index (χ0v) is 14.0. The number of nitrogens with one attached hydrogen (secondary N) is 1. The molecule has 0 fully saturated rings. The number of hydrogen-bond donors (Lipinski definition) is 1. The van der Waals surface area contributed by atoms with Gasteiger partial charge in [-0.3, -0.25) is 4.79 Å². The van der Waals surface area contributed by atoms with Gasteiger partial charge < -0.3 is 19.5 Å². The van der Waals surface area contributed by atoms with E-state index in [2.05, 4.69) is 21.2 Å². The Morgan fingerprint density at radius 1 is 1.33 bits per heavy atom. The molecule has 0 spiro atoms. The monoisotopic (exact) mass is 357 g/mol. The van der Waals surface area contributed by atoms with Gasteiger partial charge in [0.2, 0.25) is 5.91 Å². The Morgan fingerprint density at radius 2 is 1.95 bits per heavy atom. The van der Waals surface area contributed by atoms with Crippen molar-refractivity contribution in [2.24, 2.45) is 0 Å². The van der Waals surface area contributed by atoms with E-state index in [9.17, 15) is 4.79 Å². The maximum Gasteiger partial charge on any atom is 0.249 e. The number of ether oxygens (including phenoxy) is 3. The van der Waals surface area contributed by atoms with E-state index in [0.717, 1.165) is 15.8 Å². The number of rotatable bonds is 5. The van der Waals surface area contributed by atoms with Crippen LogP contribution in [0.4, 0.5) is 0 Å². The van der Waals surface area contributed by atoms with Crippen LogP contribution in [0.25, 0.3) is 0 Å². The first kappa shape index (κ1) is 16.1. The lowest BCUT2D eigenvalue weighted by atomic mass is 10.1. The van der Waals surface area contributed by atoms with Crippen LogP contribution in [0.2, 0.25) is 0 Å². The third kappa shape index (κ3) is 3.89. The van der Waals surface area contributed by atoms with Gasteiger partial charge in [-0.25, -0.2) is 0 Å². The molecule has 1 aromatic carbocycles. The molecule has 0 bridgehead atoms. The number of amides is 1. The van der Waals surface area contributed by atoms with Gasteiger partial charge in [-0.2, -0.15) is 0 Å². The van der Waals surface area contributed by atoms with E-state index in [4.69, 9.17) is 14.2 Å². The quantitative estimate of drug-likeness (QED) is 0.880. The Kier molecular flexibility index (Phi) is 5.47. The van der Waals surface area contributed by atoms with E-state index in [1.54, 1.807) is 6.92 Å². The number of halogens is 1. The molecule has 0 aliphatic carbocycles. The summed E-state index contributed by atoms with van der Waals surface area (Å²) in [5.41, 5.74) is 0.941. The maximum absolute atomic E-state index is 12.0. The Bertz CT molecular complexity index is 521. The Labute approximate surface area is 133 Å².